The maximum absolute atomic E-state index is 10.4. The van der Waals surface area contributed by atoms with Gasteiger partial charge in [-0.1, -0.05) is 64.9 Å². The van der Waals surface area contributed by atoms with Crippen molar-refractivity contribution in [3.8, 4) is 27.4 Å². The van der Waals surface area contributed by atoms with Crippen LogP contribution in [-0.4, -0.2) is 14.9 Å². The highest BCUT2D eigenvalue weighted by Crippen LogP contribution is 2.38. The van der Waals surface area contributed by atoms with Gasteiger partial charge in [-0.15, -0.1) is 0 Å². The van der Waals surface area contributed by atoms with Gasteiger partial charge in [-0.3, -0.25) is 0 Å². The molecule has 0 spiro atoms. The number of aromatic nitrogens is 2. The molecule has 1 aromatic heterocycles. The van der Waals surface area contributed by atoms with E-state index in [1.165, 1.54) is 11.3 Å². The lowest BCUT2D eigenvalue weighted by atomic mass is 10.0. The van der Waals surface area contributed by atoms with Crippen molar-refractivity contribution in [1.82, 2.24) is 9.78 Å². The maximum atomic E-state index is 10.4. The fourth-order valence-corrected chi connectivity index (χ4v) is 3.95. The van der Waals surface area contributed by atoms with Crippen molar-refractivity contribution in [2.24, 2.45) is 12.0 Å². The molecule has 7 heteroatoms. The van der Waals surface area contributed by atoms with Crippen LogP contribution in [-0.2, 0) is 7.05 Å². The predicted molar refractivity (Wildman–Crippen MR) is 115 cm³/mol. The van der Waals surface area contributed by atoms with E-state index in [2.05, 4.69) is 5.10 Å². The summed E-state index contributed by atoms with van der Waals surface area (Å²) in [5, 5.41) is 17.2. The minimum absolute atomic E-state index is 0.161. The van der Waals surface area contributed by atoms with E-state index in [0.717, 1.165) is 16.1 Å². The average molecular weight is 428 g/mol. The molecule has 0 saturated heterocycles. The molecule has 0 aliphatic heterocycles. The van der Waals surface area contributed by atoms with E-state index in [1.54, 1.807) is 28.9 Å². The summed E-state index contributed by atoms with van der Waals surface area (Å²) in [5.41, 5.74) is 3.12. The topological polar surface area (TPSA) is 50.4 Å². The Hall–Kier alpha value is -2.60. The first-order valence-corrected chi connectivity index (χ1v) is 10.0. The lowest BCUT2D eigenvalue weighted by Crippen LogP contribution is -2.11. The van der Waals surface area contributed by atoms with Crippen LogP contribution in [0.25, 0.3) is 21.7 Å². The Balaban J connectivity index is 1.83. The van der Waals surface area contributed by atoms with Gasteiger partial charge < -0.3 is 5.11 Å². The predicted octanol–water partition coefficient (Wildman–Crippen LogP) is 6.06. The number of phenolic OH excluding ortho intramolecular Hbond substituents is 1. The second-order valence-electron chi connectivity index (χ2n) is 6.11. The normalized spacial score (nSPS) is 11.8. The number of nitrogens with zero attached hydrogens (tertiary/aromatic N) is 3. The molecule has 1 heterocycles. The molecule has 4 nitrogen and oxygen atoms in total. The number of benzene rings is 3. The number of hydrogen-bond acceptors (Lipinski definition) is 4. The summed E-state index contributed by atoms with van der Waals surface area (Å²) in [5.74, 6) is 0.161. The van der Waals surface area contributed by atoms with Gasteiger partial charge in [0.25, 0.3) is 0 Å². The number of phenols is 1. The van der Waals surface area contributed by atoms with Crippen molar-refractivity contribution in [3.63, 3.8) is 0 Å². The van der Waals surface area contributed by atoms with Crippen LogP contribution in [0.4, 0.5) is 5.69 Å². The Morgan fingerprint density at radius 1 is 0.893 bits per heavy atom. The molecule has 0 fully saturated rings. The van der Waals surface area contributed by atoms with Crippen LogP contribution in [0, 0.1) is 0 Å². The molecule has 0 aliphatic rings. The van der Waals surface area contributed by atoms with E-state index in [9.17, 15) is 5.11 Å². The third kappa shape index (κ3) is 3.83. The van der Waals surface area contributed by atoms with Crippen LogP contribution < -0.4 is 4.80 Å². The van der Waals surface area contributed by atoms with E-state index in [0.29, 0.717) is 26.1 Å². The Morgan fingerprint density at radius 3 is 2.14 bits per heavy atom. The van der Waals surface area contributed by atoms with Crippen LogP contribution in [0.5, 0.6) is 5.75 Å². The summed E-state index contributed by atoms with van der Waals surface area (Å²) in [6.45, 7) is 0. The SMILES string of the molecule is Cn1nc(-c2ccc(Cl)cc2)sc1=Nc1cccc(O)c1-c1ccc(Cl)cc1. The number of halogens is 2. The molecule has 0 aliphatic carbocycles. The molecular formula is C21H15Cl2N3OS. The summed E-state index contributed by atoms with van der Waals surface area (Å²) < 4.78 is 1.73. The summed E-state index contributed by atoms with van der Waals surface area (Å²) >= 11 is 13.4. The van der Waals surface area contributed by atoms with Gasteiger partial charge in [0.05, 0.1) is 5.69 Å². The lowest BCUT2D eigenvalue weighted by Gasteiger charge is -2.08. The van der Waals surface area contributed by atoms with E-state index >= 15 is 0 Å². The van der Waals surface area contributed by atoms with Gasteiger partial charge in [-0.2, -0.15) is 5.10 Å². The molecule has 0 radical (unpaired) electrons. The third-order valence-corrected chi connectivity index (χ3v) is 5.72. The Kier molecular flexibility index (Phi) is 5.22. The van der Waals surface area contributed by atoms with Crippen LogP contribution in [0.1, 0.15) is 0 Å². The second kappa shape index (κ2) is 7.80. The van der Waals surface area contributed by atoms with E-state index < -0.39 is 0 Å². The quantitative estimate of drug-likeness (QED) is 0.431. The first-order chi connectivity index (χ1) is 13.5. The molecule has 0 atom stereocenters. The minimum Gasteiger partial charge on any atom is -0.507 e. The summed E-state index contributed by atoms with van der Waals surface area (Å²) in [6, 6.07) is 20.1. The smallest absolute Gasteiger partial charge is 0.208 e. The van der Waals surface area contributed by atoms with Crippen molar-refractivity contribution in [2.75, 3.05) is 0 Å². The van der Waals surface area contributed by atoms with Crippen molar-refractivity contribution in [3.05, 3.63) is 81.6 Å². The number of aromatic hydroxyl groups is 1. The molecule has 4 aromatic rings. The average Bonchev–Trinajstić information content (AvgIpc) is 3.04. The standard InChI is InChI=1S/C21H15Cl2N3OS/c1-26-21(28-20(25-26)14-7-11-16(23)12-8-14)24-17-3-2-4-18(27)19(17)13-5-9-15(22)10-6-13/h2-12,27H,1H3. The second-order valence-corrected chi connectivity index (χ2v) is 7.94. The Labute approximate surface area is 176 Å². The highest BCUT2D eigenvalue weighted by Gasteiger charge is 2.11. The Morgan fingerprint density at radius 2 is 1.50 bits per heavy atom. The zero-order valence-electron chi connectivity index (χ0n) is 14.8. The van der Waals surface area contributed by atoms with Gasteiger partial charge in [0, 0.05) is 28.2 Å². The van der Waals surface area contributed by atoms with E-state index in [4.69, 9.17) is 28.2 Å². The molecule has 0 bridgehead atoms. The van der Waals surface area contributed by atoms with Crippen molar-refractivity contribution >= 4 is 40.2 Å². The van der Waals surface area contributed by atoms with Crippen LogP contribution in [0.15, 0.2) is 71.7 Å². The van der Waals surface area contributed by atoms with Crippen LogP contribution in [0.3, 0.4) is 0 Å². The molecule has 28 heavy (non-hydrogen) atoms. The van der Waals surface area contributed by atoms with Crippen LogP contribution in [0.2, 0.25) is 10.0 Å². The molecule has 0 amide bonds. The fourth-order valence-electron chi connectivity index (χ4n) is 2.79. The van der Waals surface area contributed by atoms with Gasteiger partial charge in [0.1, 0.15) is 10.8 Å². The van der Waals surface area contributed by atoms with Gasteiger partial charge in [0.2, 0.25) is 4.80 Å². The number of hydrogen-bond donors (Lipinski definition) is 1. The lowest BCUT2D eigenvalue weighted by molar-refractivity contribution is 0.477. The first kappa shape index (κ1) is 18.7. The highest BCUT2D eigenvalue weighted by molar-refractivity contribution is 7.12. The minimum atomic E-state index is 0.161. The first-order valence-electron chi connectivity index (χ1n) is 8.44. The van der Waals surface area contributed by atoms with Gasteiger partial charge in [-0.25, -0.2) is 9.67 Å². The zero-order chi connectivity index (χ0) is 19.7. The molecule has 140 valence electrons. The van der Waals surface area contributed by atoms with E-state index in [1.807, 2.05) is 49.5 Å². The summed E-state index contributed by atoms with van der Waals surface area (Å²) in [7, 11) is 1.85. The largest absolute Gasteiger partial charge is 0.507 e. The number of rotatable bonds is 3. The van der Waals surface area contributed by atoms with E-state index in [-0.39, 0.29) is 5.75 Å². The maximum Gasteiger partial charge on any atom is 0.208 e. The molecular weight excluding hydrogens is 413 g/mol. The number of aryl methyl sites for hydroxylation is 1. The Bertz CT molecular complexity index is 1200. The van der Waals surface area contributed by atoms with Crippen molar-refractivity contribution < 1.29 is 5.11 Å². The fraction of sp³-hybridized carbons (Fsp3) is 0.0476. The molecule has 1 N–H and O–H groups in total. The monoisotopic (exact) mass is 427 g/mol. The van der Waals surface area contributed by atoms with Crippen molar-refractivity contribution in [2.45, 2.75) is 0 Å². The van der Waals surface area contributed by atoms with Crippen molar-refractivity contribution in [1.29, 1.82) is 0 Å². The molecule has 4 rings (SSSR count). The summed E-state index contributed by atoms with van der Waals surface area (Å²) in [4.78, 5) is 5.48. The molecule has 0 unspecified atom stereocenters. The van der Waals surface area contributed by atoms with Crippen LogP contribution >= 0.6 is 34.5 Å². The molecule has 0 saturated carbocycles. The zero-order valence-corrected chi connectivity index (χ0v) is 17.1. The van der Waals surface area contributed by atoms with Gasteiger partial charge in [0.15, 0.2) is 0 Å². The molecule has 3 aromatic carbocycles. The summed E-state index contributed by atoms with van der Waals surface area (Å²) in [6.07, 6.45) is 0. The highest BCUT2D eigenvalue weighted by atomic mass is 35.5. The third-order valence-electron chi connectivity index (χ3n) is 4.17. The van der Waals surface area contributed by atoms with Gasteiger partial charge >= 0.3 is 0 Å². The van der Waals surface area contributed by atoms with Gasteiger partial charge in [-0.05, 0) is 42.0 Å².